The number of aliphatic hydroxyl groups excluding tert-OH is 1. The molecule has 0 bridgehead atoms. The molecule has 2 rings (SSSR count). The second-order valence-corrected chi connectivity index (χ2v) is 2.84. The van der Waals surface area contributed by atoms with Gasteiger partial charge in [-0.1, -0.05) is 0 Å². The molecule has 1 N–H and O–H groups in total. The molecule has 1 atom stereocenters. The zero-order valence-electron chi connectivity index (χ0n) is 6.46. The Kier molecular flexibility index (Phi) is 1.73. The number of rotatable bonds is 0. The lowest BCUT2D eigenvalue weighted by atomic mass is 10.0. The van der Waals surface area contributed by atoms with Gasteiger partial charge in [0.2, 0.25) is 0 Å². The van der Waals surface area contributed by atoms with Crippen molar-refractivity contribution in [2.45, 2.75) is 12.5 Å². The quantitative estimate of drug-likeness (QED) is 0.638. The van der Waals surface area contributed by atoms with E-state index in [9.17, 15) is 9.50 Å². The highest BCUT2D eigenvalue weighted by Gasteiger charge is 2.18. The maximum Gasteiger partial charge on any atom is 0.128 e. The maximum absolute atomic E-state index is 12.7. The Morgan fingerprint density at radius 1 is 1.50 bits per heavy atom. The van der Waals surface area contributed by atoms with Crippen LogP contribution < -0.4 is 4.74 Å². The third-order valence-electron chi connectivity index (χ3n) is 1.98. The topological polar surface area (TPSA) is 29.5 Å². The Hall–Kier alpha value is -1.09. The Morgan fingerprint density at radius 2 is 2.33 bits per heavy atom. The molecule has 0 fully saturated rings. The predicted molar refractivity (Wildman–Crippen MR) is 41.5 cm³/mol. The summed E-state index contributed by atoms with van der Waals surface area (Å²) in [5.74, 6) is 0.136. The molecule has 12 heavy (non-hydrogen) atoms. The van der Waals surface area contributed by atoms with Crippen molar-refractivity contribution in [3.63, 3.8) is 0 Å². The summed E-state index contributed by atoms with van der Waals surface area (Å²) in [6.45, 7) is 0.456. The van der Waals surface area contributed by atoms with Crippen LogP contribution in [0.2, 0.25) is 0 Å². The van der Waals surface area contributed by atoms with E-state index in [0.29, 0.717) is 24.3 Å². The fourth-order valence-corrected chi connectivity index (χ4v) is 1.34. The summed E-state index contributed by atoms with van der Waals surface area (Å²) in [4.78, 5) is 0. The minimum absolute atomic E-state index is 0.331. The first-order chi connectivity index (χ1) is 5.77. The Bertz CT molecular complexity index is 299. The van der Waals surface area contributed by atoms with E-state index in [-0.39, 0.29) is 5.82 Å². The first kappa shape index (κ1) is 7.55. The van der Waals surface area contributed by atoms with Gasteiger partial charge in [0.1, 0.15) is 11.6 Å². The van der Waals surface area contributed by atoms with Crippen molar-refractivity contribution >= 4 is 0 Å². The van der Waals surface area contributed by atoms with E-state index < -0.39 is 6.10 Å². The van der Waals surface area contributed by atoms with Crippen LogP contribution in [-0.2, 0) is 0 Å². The van der Waals surface area contributed by atoms with E-state index >= 15 is 0 Å². The van der Waals surface area contributed by atoms with Crippen LogP contribution in [0.1, 0.15) is 18.1 Å². The summed E-state index contributed by atoms with van der Waals surface area (Å²) in [5, 5.41) is 9.45. The molecule has 1 aliphatic rings. The van der Waals surface area contributed by atoms with Crippen LogP contribution in [0.5, 0.6) is 5.75 Å². The molecule has 64 valence electrons. The van der Waals surface area contributed by atoms with Crippen LogP contribution in [0, 0.1) is 5.82 Å². The van der Waals surface area contributed by atoms with E-state index in [1.807, 2.05) is 0 Å². The summed E-state index contributed by atoms with van der Waals surface area (Å²) < 4.78 is 17.8. The molecule has 0 radical (unpaired) electrons. The van der Waals surface area contributed by atoms with Crippen molar-refractivity contribution in [2.24, 2.45) is 0 Å². The molecule has 0 saturated heterocycles. The lowest BCUT2D eigenvalue weighted by molar-refractivity contribution is 0.115. The van der Waals surface area contributed by atoms with Crippen LogP contribution in [0.25, 0.3) is 0 Å². The van der Waals surface area contributed by atoms with Gasteiger partial charge in [-0.25, -0.2) is 4.39 Å². The molecule has 0 aliphatic carbocycles. The van der Waals surface area contributed by atoms with Gasteiger partial charge in [0.25, 0.3) is 0 Å². The minimum Gasteiger partial charge on any atom is -0.493 e. The Balaban J connectivity index is 2.46. The number of benzene rings is 1. The summed E-state index contributed by atoms with van der Waals surface area (Å²) in [7, 11) is 0. The summed E-state index contributed by atoms with van der Waals surface area (Å²) in [6, 6.07) is 4.20. The predicted octanol–water partition coefficient (Wildman–Crippen LogP) is 1.64. The second kappa shape index (κ2) is 2.75. The fourth-order valence-electron chi connectivity index (χ4n) is 1.34. The summed E-state index contributed by atoms with van der Waals surface area (Å²) in [6.07, 6.45) is 0.0767. The van der Waals surface area contributed by atoms with E-state index in [4.69, 9.17) is 4.74 Å². The van der Waals surface area contributed by atoms with Crippen LogP contribution in [0.15, 0.2) is 18.2 Å². The normalized spacial score (nSPS) is 21.3. The fraction of sp³-hybridized carbons (Fsp3) is 0.333. The van der Waals surface area contributed by atoms with Crippen molar-refractivity contribution in [3.8, 4) is 5.75 Å². The highest BCUT2D eigenvalue weighted by Crippen LogP contribution is 2.31. The zero-order valence-corrected chi connectivity index (χ0v) is 6.46. The first-order valence-corrected chi connectivity index (χ1v) is 3.87. The van der Waals surface area contributed by atoms with E-state index in [2.05, 4.69) is 0 Å². The van der Waals surface area contributed by atoms with Crippen molar-refractivity contribution in [2.75, 3.05) is 6.61 Å². The number of aliphatic hydroxyl groups is 1. The van der Waals surface area contributed by atoms with Crippen molar-refractivity contribution in [1.29, 1.82) is 0 Å². The van der Waals surface area contributed by atoms with Crippen LogP contribution >= 0.6 is 0 Å². The van der Waals surface area contributed by atoms with Gasteiger partial charge in [-0.2, -0.15) is 0 Å². The molecular formula is C9H9FO2. The Labute approximate surface area is 69.6 Å². The number of fused-ring (bicyclic) bond motifs is 1. The van der Waals surface area contributed by atoms with E-state index in [0.717, 1.165) is 0 Å². The van der Waals surface area contributed by atoms with Gasteiger partial charge in [0.05, 0.1) is 12.7 Å². The van der Waals surface area contributed by atoms with Crippen LogP contribution in [-0.4, -0.2) is 11.7 Å². The highest BCUT2D eigenvalue weighted by atomic mass is 19.1. The van der Waals surface area contributed by atoms with Gasteiger partial charge in [0, 0.05) is 18.1 Å². The van der Waals surface area contributed by atoms with Gasteiger partial charge in [-0.05, 0) is 12.1 Å². The van der Waals surface area contributed by atoms with Crippen LogP contribution in [0.3, 0.4) is 0 Å². The van der Waals surface area contributed by atoms with Crippen molar-refractivity contribution in [1.82, 2.24) is 0 Å². The minimum atomic E-state index is -0.505. The molecule has 1 heterocycles. The number of ether oxygens (including phenoxy) is 1. The molecule has 0 saturated carbocycles. The number of hydrogen-bond donors (Lipinski definition) is 1. The third-order valence-corrected chi connectivity index (χ3v) is 1.98. The molecule has 1 aromatic rings. The SMILES string of the molecule is OC1CCOc2cc(F)ccc21. The molecule has 2 nitrogen and oxygen atoms in total. The molecule has 0 spiro atoms. The number of hydrogen-bond acceptors (Lipinski definition) is 2. The molecule has 0 amide bonds. The molecule has 3 heteroatoms. The largest absolute Gasteiger partial charge is 0.493 e. The van der Waals surface area contributed by atoms with Crippen molar-refractivity contribution in [3.05, 3.63) is 29.6 Å². The van der Waals surface area contributed by atoms with Gasteiger partial charge < -0.3 is 9.84 Å². The third kappa shape index (κ3) is 1.16. The van der Waals surface area contributed by atoms with Crippen LogP contribution in [0.4, 0.5) is 4.39 Å². The molecule has 1 aliphatic heterocycles. The molecule has 0 aromatic heterocycles. The monoisotopic (exact) mass is 168 g/mol. The smallest absolute Gasteiger partial charge is 0.128 e. The molecule has 1 unspecified atom stereocenters. The number of halogens is 1. The summed E-state index contributed by atoms with van der Waals surface area (Å²) in [5.41, 5.74) is 0.683. The van der Waals surface area contributed by atoms with Gasteiger partial charge in [-0.15, -0.1) is 0 Å². The molecular weight excluding hydrogens is 159 g/mol. The van der Waals surface area contributed by atoms with Crippen molar-refractivity contribution < 1.29 is 14.2 Å². The standard InChI is InChI=1S/C9H9FO2/c10-6-1-2-7-8(11)3-4-12-9(7)5-6/h1-2,5,8,11H,3-4H2. The maximum atomic E-state index is 12.7. The highest BCUT2D eigenvalue weighted by molar-refractivity contribution is 5.36. The first-order valence-electron chi connectivity index (χ1n) is 3.87. The van der Waals surface area contributed by atoms with E-state index in [1.54, 1.807) is 6.07 Å². The average Bonchev–Trinajstić information content (AvgIpc) is 2.04. The van der Waals surface area contributed by atoms with E-state index in [1.165, 1.54) is 12.1 Å². The molecule has 1 aromatic carbocycles. The lowest BCUT2D eigenvalue weighted by Crippen LogP contribution is -2.13. The Morgan fingerprint density at radius 3 is 3.17 bits per heavy atom. The van der Waals surface area contributed by atoms with Gasteiger partial charge in [0.15, 0.2) is 0 Å². The van der Waals surface area contributed by atoms with Gasteiger partial charge >= 0.3 is 0 Å². The second-order valence-electron chi connectivity index (χ2n) is 2.84. The average molecular weight is 168 g/mol. The zero-order chi connectivity index (χ0) is 8.55. The lowest BCUT2D eigenvalue weighted by Gasteiger charge is -2.21. The summed E-state index contributed by atoms with van der Waals surface area (Å²) >= 11 is 0. The van der Waals surface area contributed by atoms with Gasteiger partial charge in [-0.3, -0.25) is 0 Å².